The monoisotopic (exact) mass is 312 g/mol. The van der Waals surface area contributed by atoms with Crippen molar-refractivity contribution in [1.82, 2.24) is 4.98 Å². The van der Waals surface area contributed by atoms with Crippen molar-refractivity contribution in [3.8, 4) is 21.9 Å². The van der Waals surface area contributed by atoms with Gasteiger partial charge in [0.2, 0.25) is 0 Å². The van der Waals surface area contributed by atoms with Crippen molar-refractivity contribution in [2.75, 3.05) is 19.5 Å². The lowest BCUT2D eigenvalue weighted by atomic mass is 10.2. The molecule has 3 aromatic rings. The number of aromatic nitrogens is 1. The molecule has 0 aliphatic rings. The maximum Gasteiger partial charge on any atom is 0.187 e. The Balaban J connectivity index is 1.84. The second kappa shape index (κ2) is 6.49. The molecule has 22 heavy (non-hydrogen) atoms. The van der Waals surface area contributed by atoms with Gasteiger partial charge in [0.05, 0.1) is 24.8 Å². The molecule has 112 valence electrons. The highest BCUT2D eigenvalue weighted by atomic mass is 32.1. The van der Waals surface area contributed by atoms with Gasteiger partial charge in [-0.05, 0) is 17.7 Å². The van der Waals surface area contributed by atoms with Crippen LogP contribution in [0.3, 0.4) is 0 Å². The highest BCUT2D eigenvalue weighted by Gasteiger charge is 2.09. The molecule has 0 saturated heterocycles. The van der Waals surface area contributed by atoms with Crippen LogP contribution in [0.4, 0.5) is 10.8 Å². The van der Waals surface area contributed by atoms with E-state index in [2.05, 4.69) is 22.4 Å². The number of rotatable bonds is 5. The first-order valence-electron chi connectivity index (χ1n) is 6.80. The normalized spacial score (nSPS) is 10.3. The van der Waals surface area contributed by atoms with Gasteiger partial charge in [-0.25, -0.2) is 4.98 Å². The molecule has 1 heterocycles. The molecular weight excluding hydrogens is 296 g/mol. The topological polar surface area (TPSA) is 43.4 Å². The fourth-order valence-corrected chi connectivity index (χ4v) is 2.92. The molecule has 2 aromatic carbocycles. The molecule has 0 unspecified atom stereocenters. The minimum Gasteiger partial charge on any atom is -0.497 e. The summed E-state index contributed by atoms with van der Waals surface area (Å²) in [4.78, 5) is 5.55. The fourth-order valence-electron chi connectivity index (χ4n) is 2.08. The van der Waals surface area contributed by atoms with Gasteiger partial charge < -0.3 is 14.8 Å². The third-order valence-corrected chi connectivity index (χ3v) is 4.18. The SMILES string of the molecule is COc1ccc(Nc2ncc(-c3ccccc3)s2)c(OC)c1. The number of ether oxygens (including phenoxy) is 2. The van der Waals surface area contributed by atoms with Crippen LogP contribution < -0.4 is 14.8 Å². The predicted molar refractivity (Wildman–Crippen MR) is 90.4 cm³/mol. The summed E-state index contributed by atoms with van der Waals surface area (Å²) >= 11 is 1.60. The van der Waals surface area contributed by atoms with Crippen LogP contribution in [0.1, 0.15) is 0 Å². The zero-order chi connectivity index (χ0) is 15.4. The van der Waals surface area contributed by atoms with Crippen LogP contribution in [0.15, 0.2) is 54.7 Å². The van der Waals surface area contributed by atoms with Crippen LogP contribution in [-0.2, 0) is 0 Å². The average molecular weight is 312 g/mol. The molecule has 3 rings (SSSR count). The van der Waals surface area contributed by atoms with Crippen LogP contribution in [0.2, 0.25) is 0 Å². The van der Waals surface area contributed by atoms with E-state index in [0.717, 1.165) is 32.8 Å². The van der Waals surface area contributed by atoms with Gasteiger partial charge in [-0.3, -0.25) is 0 Å². The third-order valence-electron chi connectivity index (χ3n) is 3.21. The van der Waals surface area contributed by atoms with E-state index in [0.29, 0.717) is 0 Å². The van der Waals surface area contributed by atoms with E-state index in [9.17, 15) is 0 Å². The highest BCUT2D eigenvalue weighted by molar-refractivity contribution is 7.18. The van der Waals surface area contributed by atoms with Gasteiger partial charge in [0.25, 0.3) is 0 Å². The number of thiazole rings is 1. The summed E-state index contributed by atoms with van der Waals surface area (Å²) in [7, 11) is 3.27. The number of anilines is 2. The van der Waals surface area contributed by atoms with Crippen LogP contribution in [0, 0.1) is 0 Å². The van der Waals surface area contributed by atoms with E-state index in [4.69, 9.17) is 9.47 Å². The molecule has 4 nitrogen and oxygen atoms in total. The number of hydrogen-bond donors (Lipinski definition) is 1. The number of nitrogens with one attached hydrogen (secondary N) is 1. The van der Waals surface area contributed by atoms with E-state index in [1.165, 1.54) is 0 Å². The van der Waals surface area contributed by atoms with Crippen molar-refractivity contribution in [1.29, 1.82) is 0 Å². The second-order valence-electron chi connectivity index (χ2n) is 4.59. The van der Waals surface area contributed by atoms with E-state index in [1.54, 1.807) is 25.6 Å². The van der Waals surface area contributed by atoms with Crippen molar-refractivity contribution in [2.24, 2.45) is 0 Å². The first kappa shape index (κ1) is 14.4. The molecule has 0 aliphatic carbocycles. The molecule has 1 N–H and O–H groups in total. The second-order valence-corrected chi connectivity index (χ2v) is 5.62. The molecule has 1 aromatic heterocycles. The summed E-state index contributed by atoms with van der Waals surface area (Å²) in [6.45, 7) is 0. The van der Waals surface area contributed by atoms with Gasteiger partial charge in [-0.1, -0.05) is 41.7 Å². The van der Waals surface area contributed by atoms with E-state index < -0.39 is 0 Å². The number of hydrogen-bond acceptors (Lipinski definition) is 5. The Hall–Kier alpha value is -2.53. The maximum absolute atomic E-state index is 5.39. The molecule has 0 bridgehead atoms. The highest BCUT2D eigenvalue weighted by Crippen LogP contribution is 2.35. The lowest BCUT2D eigenvalue weighted by Gasteiger charge is -2.10. The zero-order valence-electron chi connectivity index (χ0n) is 12.4. The molecule has 0 radical (unpaired) electrons. The summed E-state index contributed by atoms with van der Waals surface area (Å²) in [5.74, 6) is 1.47. The smallest absolute Gasteiger partial charge is 0.187 e. The molecule has 5 heteroatoms. The summed E-state index contributed by atoms with van der Waals surface area (Å²) in [5.41, 5.74) is 2.02. The Morgan fingerprint density at radius 1 is 1.00 bits per heavy atom. The Morgan fingerprint density at radius 2 is 1.82 bits per heavy atom. The summed E-state index contributed by atoms with van der Waals surface area (Å²) in [5, 5.41) is 4.11. The molecule has 0 saturated carbocycles. The summed E-state index contributed by atoms with van der Waals surface area (Å²) in [6, 6.07) is 15.8. The largest absolute Gasteiger partial charge is 0.497 e. The quantitative estimate of drug-likeness (QED) is 0.749. The van der Waals surface area contributed by atoms with Gasteiger partial charge in [0.15, 0.2) is 5.13 Å². The van der Waals surface area contributed by atoms with Crippen LogP contribution >= 0.6 is 11.3 Å². The third kappa shape index (κ3) is 3.04. The summed E-state index contributed by atoms with van der Waals surface area (Å²) < 4.78 is 10.6. The Bertz CT molecular complexity index is 756. The lowest BCUT2D eigenvalue weighted by Crippen LogP contribution is -1.94. The van der Waals surface area contributed by atoms with E-state index in [1.807, 2.05) is 42.6 Å². The van der Waals surface area contributed by atoms with Gasteiger partial charge in [0.1, 0.15) is 11.5 Å². The zero-order valence-corrected chi connectivity index (χ0v) is 13.2. The molecule has 0 amide bonds. The Kier molecular flexibility index (Phi) is 4.25. The van der Waals surface area contributed by atoms with Crippen LogP contribution in [-0.4, -0.2) is 19.2 Å². The van der Waals surface area contributed by atoms with E-state index in [-0.39, 0.29) is 0 Å². The minimum absolute atomic E-state index is 0.718. The van der Waals surface area contributed by atoms with Crippen molar-refractivity contribution >= 4 is 22.2 Å². The van der Waals surface area contributed by atoms with Gasteiger partial charge >= 0.3 is 0 Å². The first-order chi connectivity index (χ1) is 10.8. The molecule has 0 aliphatic heterocycles. The lowest BCUT2D eigenvalue weighted by molar-refractivity contribution is 0.395. The number of nitrogens with zero attached hydrogens (tertiary/aromatic N) is 1. The van der Waals surface area contributed by atoms with Crippen molar-refractivity contribution in [2.45, 2.75) is 0 Å². The minimum atomic E-state index is 0.718. The molecule has 0 fully saturated rings. The van der Waals surface area contributed by atoms with Gasteiger partial charge in [0, 0.05) is 12.3 Å². The van der Waals surface area contributed by atoms with Crippen molar-refractivity contribution in [3.63, 3.8) is 0 Å². The van der Waals surface area contributed by atoms with Crippen LogP contribution in [0.5, 0.6) is 11.5 Å². The maximum atomic E-state index is 5.39. The summed E-state index contributed by atoms with van der Waals surface area (Å²) in [6.07, 6.45) is 1.87. The van der Waals surface area contributed by atoms with Gasteiger partial charge in [-0.15, -0.1) is 0 Å². The van der Waals surface area contributed by atoms with Crippen molar-refractivity contribution < 1.29 is 9.47 Å². The average Bonchev–Trinajstić information content (AvgIpc) is 3.04. The fraction of sp³-hybridized carbons (Fsp3) is 0.118. The Morgan fingerprint density at radius 3 is 2.55 bits per heavy atom. The Labute approximate surface area is 133 Å². The number of methoxy groups -OCH3 is 2. The van der Waals surface area contributed by atoms with Crippen molar-refractivity contribution in [3.05, 3.63) is 54.7 Å². The molecule has 0 spiro atoms. The molecule has 0 atom stereocenters. The van der Waals surface area contributed by atoms with Gasteiger partial charge in [-0.2, -0.15) is 0 Å². The standard InChI is InChI=1S/C17H16N2O2S/c1-20-13-8-9-14(15(10-13)21-2)19-17-18-11-16(22-17)12-6-4-3-5-7-12/h3-11H,1-2H3,(H,18,19). The first-order valence-corrected chi connectivity index (χ1v) is 7.62. The predicted octanol–water partition coefficient (Wildman–Crippen LogP) is 4.57. The van der Waals surface area contributed by atoms with Crippen LogP contribution in [0.25, 0.3) is 10.4 Å². The number of benzene rings is 2. The van der Waals surface area contributed by atoms with E-state index >= 15 is 0 Å². The molecular formula is C17H16N2O2S.